The van der Waals surface area contributed by atoms with E-state index in [0.717, 1.165) is 11.3 Å². The molecule has 1 aliphatic rings. The molecule has 40 heavy (non-hydrogen) atoms. The second kappa shape index (κ2) is 13.5. The van der Waals surface area contributed by atoms with Gasteiger partial charge in [-0.25, -0.2) is 13.4 Å². The number of hydrogen-bond donors (Lipinski definition) is 2. The van der Waals surface area contributed by atoms with Crippen molar-refractivity contribution >= 4 is 21.6 Å². The number of ether oxygens (including phenoxy) is 3. The summed E-state index contributed by atoms with van der Waals surface area (Å²) < 4.78 is 42.7. The Morgan fingerprint density at radius 1 is 1.02 bits per heavy atom. The van der Waals surface area contributed by atoms with E-state index in [0.29, 0.717) is 37.3 Å². The van der Waals surface area contributed by atoms with Crippen molar-refractivity contribution in [3.63, 3.8) is 0 Å². The topological polar surface area (TPSA) is 124 Å². The number of aliphatic hydroxyl groups is 1. The van der Waals surface area contributed by atoms with Crippen molar-refractivity contribution in [3.8, 4) is 11.5 Å². The first-order chi connectivity index (χ1) is 19.3. The number of sulfone groups is 1. The average Bonchev–Trinajstić information content (AvgIpc) is 3.43. The Bertz CT molecular complexity index is 1390. The van der Waals surface area contributed by atoms with Crippen molar-refractivity contribution in [2.75, 3.05) is 39.2 Å². The highest BCUT2D eigenvalue weighted by molar-refractivity contribution is 7.91. The van der Waals surface area contributed by atoms with Gasteiger partial charge in [0.1, 0.15) is 18.1 Å². The summed E-state index contributed by atoms with van der Waals surface area (Å²) in [5.74, 6) is 1.00. The molecule has 0 aliphatic carbocycles. The molecule has 1 atom stereocenters. The summed E-state index contributed by atoms with van der Waals surface area (Å²) in [6, 6.07) is 22.8. The van der Waals surface area contributed by atoms with Gasteiger partial charge in [-0.2, -0.15) is 0 Å². The fourth-order valence-corrected chi connectivity index (χ4v) is 5.64. The Balaban J connectivity index is 1.50. The zero-order chi connectivity index (χ0) is 28.4. The first-order valence-corrected chi connectivity index (χ1v) is 14.8. The van der Waals surface area contributed by atoms with Gasteiger partial charge >= 0.3 is 0 Å². The number of nitrogens with zero attached hydrogens (tertiary/aromatic N) is 1. The molecule has 0 aromatic heterocycles. The van der Waals surface area contributed by atoms with Crippen LogP contribution in [-0.4, -0.2) is 70.1 Å². The van der Waals surface area contributed by atoms with Crippen LogP contribution in [0.2, 0.25) is 0 Å². The first kappa shape index (κ1) is 29.1. The predicted molar refractivity (Wildman–Crippen MR) is 152 cm³/mol. The number of benzene rings is 3. The SMILES string of the molecule is COc1ccc(CCNC(=O)[C@@]2(CCS(=O)(=O)c3ccccc3)COC(c3ccc(OCCCO)cc3)=N2)cc1. The largest absolute Gasteiger partial charge is 0.497 e. The van der Waals surface area contributed by atoms with E-state index in [1.165, 1.54) is 0 Å². The van der Waals surface area contributed by atoms with E-state index in [9.17, 15) is 13.2 Å². The van der Waals surface area contributed by atoms with E-state index < -0.39 is 15.4 Å². The molecule has 4 rings (SSSR count). The number of carbonyl (C=O) groups is 1. The van der Waals surface area contributed by atoms with Crippen LogP contribution in [-0.2, 0) is 25.8 Å². The van der Waals surface area contributed by atoms with Crippen molar-refractivity contribution in [1.29, 1.82) is 0 Å². The van der Waals surface area contributed by atoms with Gasteiger partial charge in [0.25, 0.3) is 5.91 Å². The van der Waals surface area contributed by atoms with Crippen LogP contribution in [0.5, 0.6) is 11.5 Å². The molecule has 0 spiro atoms. The number of carbonyl (C=O) groups excluding carboxylic acids is 1. The molecule has 1 heterocycles. The van der Waals surface area contributed by atoms with Gasteiger partial charge < -0.3 is 24.6 Å². The Hall–Kier alpha value is -3.89. The normalized spacial score (nSPS) is 16.6. The quantitative estimate of drug-likeness (QED) is 0.287. The van der Waals surface area contributed by atoms with E-state index >= 15 is 0 Å². The molecule has 0 saturated heterocycles. The number of methoxy groups -OCH3 is 1. The molecule has 3 aromatic carbocycles. The molecule has 0 unspecified atom stereocenters. The van der Waals surface area contributed by atoms with Gasteiger partial charge in [0, 0.05) is 25.1 Å². The minimum atomic E-state index is -3.64. The number of amides is 1. The predicted octanol–water partition coefficient (Wildman–Crippen LogP) is 3.19. The summed E-state index contributed by atoms with van der Waals surface area (Å²) in [5.41, 5.74) is 0.274. The van der Waals surface area contributed by atoms with Crippen LogP contribution in [0, 0.1) is 0 Å². The lowest BCUT2D eigenvalue weighted by atomic mass is 9.97. The maximum Gasteiger partial charge on any atom is 0.251 e. The summed E-state index contributed by atoms with van der Waals surface area (Å²) in [5, 5.41) is 11.9. The number of aliphatic hydroxyl groups excluding tert-OH is 1. The van der Waals surface area contributed by atoms with Crippen LogP contribution in [0.3, 0.4) is 0 Å². The molecule has 0 fully saturated rings. The number of aliphatic imine (C=N–C) groups is 1. The number of rotatable bonds is 14. The summed E-state index contributed by atoms with van der Waals surface area (Å²) in [6.45, 7) is 0.717. The highest BCUT2D eigenvalue weighted by Crippen LogP contribution is 2.28. The molecule has 212 valence electrons. The molecule has 1 amide bonds. The van der Waals surface area contributed by atoms with Crippen LogP contribution in [0.15, 0.2) is 88.8 Å². The van der Waals surface area contributed by atoms with E-state index in [1.54, 1.807) is 61.7 Å². The Labute approximate surface area is 234 Å². The van der Waals surface area contributed by atoms with Crippen molar-refractivity contribution in [2.24, 2.45) is 4.99 Å². The molecular weight excluding hydrogens is 532 g/mol. The fraction of sp³-hybridized carbons (Fsp3) is 0.333. The minimum Gasteiger partial charge on any atom is -0.497 e. The van der Waals surface area contributed by atoms with Gasteiger partial charge in [-0.05, 0) is 66.9 Å². The summed E-state index contributed by atoms with van der Waals surface area (Å²) in [4.78, 5) is 18.4. The molecule has 2 N–H and O–H groups in total. The standard InChI is InChI=1S/C30H34N2O7S/c1-37-25-12-8-23(9-13-25)16-18-31-29(34)30(17-21-40(35,36)27-6-3-2-4-7-27)22-39-28(32-30)24-10-14-26(15-11-24)38-20-5-19-33/h2-4,6-15,33H,5,16-22H2,1H3,(H,31,34)/t30-/m1/s1. The maximum absolute atomic E-state index is 13.5. The fourth-order valence-electron chi connectivity index (χ4n) is 4.23. The average molecular weight is 567 g/mol. The third-order valence-electron chi connectivity index (χ3n) is 6.60. The second-order valence-corrected chi connectivity index (χ2v) is 11.5. The first-order valence-electron chi connectivity index (χ1n) is 13.1. The van der Waals surface area contributed by atoms with Gasteiger partial charge in [-0.3, -0.25) is 4.79 Å². The lowest BCUT2D eigenvalue weighted by molar-refractivity contribution is -0.126. The second-order valence-electron chi connectivity index (χ2n) is 9.42. The van der Waals surface area contributed by atoms with Crippen LogP contribution in [0.1, 0.15) is 24.0 Å². The lowest BCUT2D eigenvalue weighted by Gasteiger charge is -2.23. The zero-order valence-corrected chi connectivity index (χ0v) is 23.2. The Morgan fingerprint density at radius 2 is 1.73 bits per heavy atom. The van der Waals surface area contributed by atoms with E-state index in [4.69, 9.17) is 19.3 Å². The maximum atomic E-state index is 13.5. The highest BCUT2D eigenvalue weighted by Gasteiger charge is 2.45. The van der Waals surface area contributed by atoms with Crippen molar-refractivity contribution in [2.45, 2.75) is 29.7 Å². The van der Waals surface area contributed by atoms with Crippen molar-refractivity contribution in [3.05, 3.63) is 90.0 Å². The van der Waals surface area contributed by atoms with Gasteiger partial charge in [-0.1, -0.05) is 30.3 Å². The third-order valence-corrected chi connectivity index (χ3v) is 8.34. The molecule has 0 radical (unpaired) electrons. The van der Waals surface area contributed by atoms with Gasteiger partial charge in [0.15, 0.2) is 15.4 Å². The van der Waals surface area contributed by atoms with E-state index in [2.05, 4.69) is 10.3 Å². The summed E-state index contributed by atoms with van der Waals surface area (Å²) in [6.07, 6.45) is 1.08. The molecule has 10 heteroatoms. The highest BCUT2D eigenvalue weighted by atomic mass is 32.2. The van der Waals surface area contributed by atoms with E-state index in [-0.39, 0.29) is 42.1 Å². The lowest BCUT2D eigenvalue weighted by Crippen LogP contribution is -2.48. The van der Waals surface area contributed by atoms with Crippen molar-refractivity contribution in [1.82, 2.24) is 5.32 Å². The van der Waals surface area contributed by atoms with Crippen LogP contribution in [0.25, 0.3) is 0 Å². The molecule has 1 aliphatic heterocycles. The Kier molecular flexibility index (Phi) is 9.79. The number of nitrogens with one attached hydrogen (secondary N) is 1. The molecule has 9 nitrogen and oxygen atoms in total. The van der Waals surface area contributed by atoms with Gasteiger partial charge in [-0.15, -0.1) is 0 Å². The van der Waals surface area contributed by atoms with Crippen LogP contribution in [0.4, 0.5) is 0 Å². The number of hydrogen-bond acceptors (Lipinski definition) is 8. The molecular formula is C30H34N2O7S. The zero-order valence-electron chi connectivity index (χ0n) is 22.4. The minimum absolute atomic E-state index is 0.0373. The van der Waals surface area contributed by atoms with Crippen molar-refractivity contribution < 1.29 is 32.5 Å². The van der Waals surface area contributed by atoms with Crippen LogP contribution >= 0.6 is 0 Å². The monoisotopic (exact) mass is 566 g/mol. The third kappa shape index (κ3) is 7.40. The smallest absolute Gasteiger partial charge is 0.251 e. The van der Waals surface area contributed by atoms with Gasteiger partial charge in [0.05, 0.1) is 24.4 Å². The van der Waals surface area contributed by atoms with E-state index in [1.807, 2.05) is 24.3 Å². The summed E-state index contributed by atoms with van der Waals surface area (Å²) in [7, 11) is -2.04. The van der Waals surface area contributed by atoms with Gasteiger partial charge in [0.2, 0.25) is 5.90 Å². The molecule has 0 saturated carbocycles. The molecule has 0 bridgehead atoms. The Morgan fingerprint density at radius 3 is 2.40 bits per heavy atom. The molecule has 3 aromatic rings. The van der Waals surface area contributed by atoms with Crippen LogP contribution < -0.4 is 14.8 Å². The summed E-state index contributed by atoms with van der Waals surface area (Å²) >= 11 is 0.